The predicted octanol–water partition coefficient (Wildman–Crippen LogP) is 2.07. The lowest BCUT2D eigenvalue weighted by Crippen LogP contribution is -2.40. The van der Waals surface area contributed by atoms with Gasteiger partial charge in [0.05, 0.1) is 4.90 Å². The minimum Gasteiger partial charge on any atom is -0.207 e. The topological polar surface area (TPSA) is 46.2 Å². The summed E-state index contributed by atoms with van der Waals surface area (Å²) in [6.07, 6.45) is 0. The summed E-state index contributed by atoms with van der Waals surface area (Å²) < 4.78 is 26.5. The maximum atomic E-state index is 12.0. The van der Waals surface area contributed by atoms with Crippen LogP contribution in [0.4, 0.5) is 0 Å². The second-order valence-electron chi connectivity index (χ2n) is 4.62. The molecule has 0 aliphatic rings. The molecule has 0 amide bonds. The van der Waals surface area contributed by atoms with Crippen LogP contribution in [-0.4, -0.2) is 14.0 Å². The van der Waals surface area contributed by atoms with Gasteiger partial charge in [-0.05, 0) is 39.3 Å². The molecule has 0 unspecified atom stereocenters. The molecule has 15 heavy (non-hydrogen) atoms. The average Bonchev–Trinajstić information content (AvgIpc) is 1.99. The predicted molar refractivity (Wildman–Crippen MR) is 61.3 cm³/mol. The summed E-state index contributed by atoms with van der Waals surface area (Å²) in [6.45, 7) is 7.26. The number of rotatable bonds is 2. The fourth-order valence-corrected chi connectivity index (χ4v) is 2.98. The molecule has 0 heterocycles. The summed E-state index contributed by atoms with van der Waals surface area (Å²) >= 11 is 0. The standard InChI is InChI=1S/C11H17NO2S/c1-9-7-5-6-8-10(9)15(13,14)12-11(2,3)4/h5-8,12H,1-4H3. The summed E-state index contributed by atoms with van der Waals surface area (Å²) in [7, 11) is -3.40. The Bertz CT molecular complexity index is 444. The van der Waals surface area contributed by atoms with Crippen molar-refractivity contribution in [3.05, 3.63) is 29.8 Å². The number of nitrogens with one attached hydrogen (secondary N) is 1. The van der Waals surface area contributed by atoms with Crippen LogP contribution in [0.1, 0.15) is 26.3 Å². The van der Waals surface area contributed by atoms with E-state index >= 15 is 0 Å². The van der Waals surface area contributed by atoms with E-state index < -0.39 is 15.6 Å². The van der Waals surface area contributed by atoms with Gasteiger partial charge in [0.1, 0.15) is 0 Å². The maximum Gasteiger partial charge on any atom is 0.241 e. The number of benzene rings is 1. The largest absolute Gasteiger partial charge is 0.241 e. The van der Waals surface area contributed by atoms with Crippen molar-refractivity contribution in [2.45, 2.75) is 38.1 Å². The third-order valence-electron chi connectivity index (χ3n) is 1.82. The third-order valence-corrected chi connectivity index (χ3v) is 3.74. The Kier molecular flexibility index (Phi) is 3.21. The molecule has 0 aliphatic heterocycles. The number of hydrogen-bond donors (Lipinski definition) is 1. The molecule has 3 nitrogen and oxygen atoms in total. The first-order valence-electron chi connectivity index (χ1n) is 4.82. The minimum absolute atomic E-state index is 0.347. The van der Waals surface area contributed by atoms with E-state index in [0.29, 0.717) is 4.90 Å². The fraction of sp³-hybridized carbons (Fsp3) is 0.455. The molecule has 0 aliphatic carbocycles. The maximum absolute atomic E-state index is 12.0. The van der Waals surface area contributed by atoms with Crippen LogP contribution in [0.2, 0.25) is 0 Å². The van der Waals surface area contributed by atoms with E-state index in [1.807, 2.05) is 26.8 Å². The van der Waals surface area contributed by atoms with E-state index in [9.17, 15) is 8.42 Å². The first-order valence-corrected chi connectivity index (χ1v) is 6.30. The van der Waals surface area contributed by atoms with Crippen LogP contribution in [0, 0.1) is 6.92 Å². The summed E-state index contributed by atoms with van der Waals surface area (Å²) in [5.74, 6) is 0. The van der Waals surface area contributed by atoms with Gasteiger partial charge < -0.3 is 0 Å². The number of sulfonamides is 1. The van der Waals surface area contributed by atoms with Gasteiger partial charge in [-0.15, -0.1) is 0 Å². The average molecular weight is 227 g/mol. The van der Waals surface area contributed by atoms with Gasteiger partial charge in [0.2, 0.25) is 10.0 Å². The zero-order chi connectivity index (χ0) is 11.7. The highest BCUT2D eigenvalue weighted by Gasteiger charge is 2.22. The third kappa shape index (κ3) is 3.32. The highest BCUT2D eigenvalue weighted by Crippen LogP contribution is 2.16. The molecule has 84 valence electrons. The molecule has 0 bridgehead atoms. The van der Waals surface area contributed by atoms with Crippen LogP contribution < -0.4 is 4.72 Å². The lowest BCUT2D eigenvalue weighted by molar-refractivity contribution is 0.491. The number of aryl methyl sites for hydroxylation is 1. The quantitative estimate of drug-likeness (QED) is 0.840. The summed E-state index contributed by atoms with van der Waals surface area (Å²) in [4.78, 5) is 0.347. The SMILES string of the molecule is Cc1ccccc1S(=O)(=O)NC(C)(C)C. The van der Waals surface area contributed by atoms with Crippen LogP contribution in [0.3, 0.4) is 0 Å². The highest BCUT2D eigenvalue weighted by molar-refractivity contribution is 7.89. The molecular formula is C11H17NO2S. The second kappa shape index (κ2) is 3.94. The van der Waals surface area contributed by atoms with E-state index in [4.69, 9.17) is 0 Å². The van der Waals surface area contributed by atoms with Crippen molar-refractivity contribution >= 4 is 10.0 Å². The molecule has 0 saturated heterocycles. The van der Waals surface area contributed by atoms with Gasteiger partial charge in [-0.2, -0.15) is 0 Å². The first-order chi connectivity index (χ1) is 6.72. The van der Waals surface area contributed by atoms with Gasteiger partial charge in [0.15, 0.2) is 0 Å². The van der Waals surface area contributed by atoms with E-state index in [1.165, 1.54) is 0 Å². The Balaban J connectivity index is 3.13. The monoisotopic (exact) mass is 227 g/mol. The van der Waals surface area contributed by atoms with E-state index in [1.54, 1.807) is 25.1 Å². The van der Waals surface area contributed by atoms with Crippen LogP contribution in [0.15, 0.2) is 29.2 Å². The molecule has 0 aromatic heterocycles. The van der Waals surface area contributed by atoms with Gasteiger partial charge in [-0.1, -0.05) is 18.2 Å². The fourth-order valence-electron chi connectivity index (χ4n) is 1.32. The zero-order valence-electron chi connectivity index (χ0n) is 9.53. The summed E-state index contributed by atoms with van der Waals surface area (Å²) in [6, 6.07) is 6.95. The van der Waals surface area contributed by atoms with Crippen molar-refractivity contribution in [3.63, 3.8) is 0 Å². The lowest BCUT2D eigenvalue weighted by Gasteiger charge is -2.21. The van der Waals surface area contributed by atoms with E-state index in [-0.39, 0.29) is 0 Å². The molecule has 1 aromatic rings. The van der Waals surface area contributed by atoms with Crippen molar-refractivity contribution in [1.29, 1.82) is 0 Å². The summed E-state index contributed by atoms with van der Waals surface area (Å²) in [5, 5.41) is 0. The molecule has 0 fully saturated rings. The van der Waals surface area contributed by atoms with Crippen LogP contribution in [-0.2, 0) is 10.0 Å². The van der Waals surface area contributed by atoms with Crippen LogP contribution >= 0.6 is 0 Å². The molecule has 0 spiro atoms. The Morgan fingerprint density at radius 1 is 1.13 bits per heavy atom. The van der Waals surface area contributed by atoms with Gasteiger partial charge in [-0.25, -0.2) is 13.1 Å². The van der Waals surface area contributed by atoms with Gasteiger partial charge in [0, 0.05) is 5.54 Å². The summed E-state index contributed by atoms with van der Waals surface area (Å²) in [5.41, 5.74) is 0.301. The Hall–Kier alpha value is -0.870. The van der Waals surface area contributed by atoms with Crippen molar-refractivity contribution in [2.24, 2.45) is 0 Å². The van der Waals surface area contributed by atoms with Gasteiger partial charge >= 0.3 is 0 Å². The lowest BCUT2D eigenvalue weighted by atomic mass is 10.1. The van der Waals surface area contributed by atoms with E-state index in [0.717, 1.165) is 5.56 Å². The van der Waals surface area contributed by atoms with Crippen molar-refractivity contribution < 1.29 is 8.42 Å². The molecule has 1 N–H and O–H groups in total. The smallest absolute Gasteiger partial charge is 0.207 e. The van der Waals surface area contributed by atoms with Gasteiger partial charge in [-0.3, -0.25) is 0 Å². The molecule has 0 radical (unpaired) electrons. The second-order valence-corrected chi connectivity index (χ2v) is 6.27. The Morgan fingerprint density at radius 3 is 2.13 bits per heavy atom. The van der Waals surface area contributed by atoms with Crippen molar-refractivity contribution in [3.8, 4) is 0 Å². The minimum atomic E-state index is -3.40. The molecule has 1 rings (SSSR count). The van der Waals surface area contributed by atoms with Gasteiger partial charge in [0.25, 0.3) is 0 Å². The highest BCUT2D eigenvalue weighted by atomic mass is 32.2. The molecule has 4 heteroatoms. The first kappa shape index (κ1) is 12.2. The molecule has 0 saturated carbocycles. The van der Waals surface area contributed by atoms with E-state index in [2.05, 4.69) is 4.72 Å². The normalized spacial score (nSPS) is 12.8. The number of hydrogen-bond acceptors (Lipinski definition) is 2. The zero-order valence-corrected chi connectivity index (χ0v) is 10.4. The van der Waals surface area contributed by atoms with Crippen LogP contribution in [0.5, 0.6) is 0 Å². The molecular weight excluding hydrogens is 210 g/mol. The van der Waals surface area contributed by atoms with Crippen molar-refractivity contribution in [2.75, 3.05) is 0 Å². The molecule has 1 aromatic carbocycles. The Morgan fingerprint density at radius 2 is 1.67 bits per heavy atom. The Labute approximate surface area is 91.6 Å². The molecule has 0 atom stereocenters. The van der Waals surface area contributed by atoms with Crippen LogP contribution in [0.25, 0.3) is 0 Å². The van der Waals surface area contributed by atoms with Crippen molar-refractivity contribution in [1.82, 2.24) is 4.72 Å².